The molecule has 120 valence electrons. The second-order valence-corrected chi connectivity index (χ2v) is 5.33. The lowest BCUT2D eigenvalue weighted by Gasteiger charge is -2.11. The fraction of sp³-hybridized carbons (Fsp3) is 0.385. The Hall–Kier alpha value is -2.83. The maximum absolute atomic E-state index is 12.4. The van der Waals surface area contributed by atoms with E-state index in [9.17, 15) is 13.2 Å². The van der Waals surface area contributed by atoms with E-state index in [0.717, 1.165) is 12.8 Å². The lowest BCUT2D eigenvalue weighted by molar-refractivity contribution is -0.159. The highest BCUT2D eigenvalue weighted by Gasteiger charge is 2.43. The molecule has 0 unspecified atom stereocenters. The van der Waals surface area contributed by atoms with Crippen LogP contribution in [0.25, 0.3) is 11.4 Å². The number of aromatic nitrogens is 3. The van der Waals surface area contributed by atoms with Crippen molar-refractivity contribution in [1.82, 2.24) is 15.1 Å². The van der Waals surface area contributed by atoms with Gasteiger partial charge in [-0.3, -0.25) is 0 Å². The SMILES string of the molecule is N#CC1(CNc2ncc(-c3noc(C(F)(F)F)n3)cc2N)CC1. The van der Waals surface area contributed by atoms with Gasteiger partial charge in [0, 0.05) is 18.3 Å². The molecule has 23 heavy (non-hydrogen) atoms. The molecule has 0 spiro atoms. The zero-order valence-corrected chi connectivity index (χ0v) is 11.7. The highest BCUT2D eigenvalue weighted by atomic mass is 19.4. The molecule has 10 heteroatoms. The smallest absolute Gasteiger partial charge is 0.396 e. The highest BCUT2D eigenvalue weighted by molar-refractivity contribution is 5.69. The van der Waals surface area contributed by atoms with E-state index in [1.165, 1.54) is 12.3 Å². The standard InChI is InChI=1S/C13H11F3N6O/c14-13(15,16)11-21-9(22-23-11)7-3-8(18)10(19-4-7)20-6-12(5-17)1-2-12/h3-4H,1-2,6,18H2,(H,19,20). The molecule has 0 radical (unpaired) electrons. The topological polar surface area (TPSA) is 114 Å². The third kappa shape index (κ3) is 3.03. The van der Waals surface area contributed by atoms with Gasteiger partial charge in [-0.05, 0) is 18.9 Å². The molecule has 1 aliphatic carbocycles. The zero-order valence-electron chi connectivity index (χ0n) is 11.7. The molecule has 0 bridgehead atoms. The Labute approximate surface area is 128 Å². The Bertz CT molecular complexity index is 775. The van der Waals surface area contributed by atoms with Crippen molar-refractivity contribution in [1.29, 1.82) is 5.26 Å². The van der Waals surface area contributed by atoms with Gasteiger partial charge >= 0.3 is 12.1 Å². The van der Waals surface area contributed by atoms with E-state index in [4.69, 9.17) is 11.0 Å². The van der Waals surface area contributed by atoms with Crippen LogP contribution in [0, 0.1) is 16.7 Å². The van der Waals surface area contributed by atoms with Crippen LogP contribution in [-0.2, 0) is 6.18 Å². The number of hydrogen-bond acceptors (Lipinski definition) is 7. The average Bonchev–Trinajstić information content (AvgIpc) is 3.09. The summed E-state index contributed by atoms with van der Waals surface area (Å²) in [6.45, 7) is 0.417. The molecule has 1 aliphatic rings. The highest BCUT2D eigenvalue weighted by Crippen LogP contribution is 2.44. The molecule has 0 aromatic carbocycles. The summed E-state index contributed by atoms with van der Waals surface area (Å²) >= 11 is 0. The van der Waals surface area contributed by atoms with Crippen LogP contribution < -0.4 is 11.1 Å². The Balaban J connectivity index is 1.77. The monoisotopic (exact) mass is 324 g/mol. The van der Waals surface area contributed by atoms with Crippen LogP contribution in [0.4, 0.5) is 24.7 Å². The summed E-state index contributed by atoms with van der Waals surface area (Å²) in [5.74, 6) is -1.33. The van der Waals surface area contributed by atoms with Gasteiger partial charge in [0.25, 0.3) is 0 Å². The maximum atomic E-state index is 12.4. The summed E-state index contributed by atoms with van der Waals surface area (Å²) in [6.07, 6.45) is -1.79. The number of halogens is 3. The molecule has 0 aliphatic heterocycles. The summed E-state index contributed by atoms with van der Waals surface area (Å²) in [7, 11) is 0. The van der Waals surface area contributed by atoms with Gasteiger partial charge in [0.2, 0.25) is 5.82 Å². The Kier molecular flexibility index (Phi) is 3.35. The first-order chi connectivity index (χ1) is 10.8. The number of hydrogen-bond donors (Lipinski definition) is 2. The van der Waals surface area contributed by atoms with Gasteiger partial charge in [0.05, 0.1) is 17.2 Å². The van der Waals surface area contributed by atoms with Gasteiger partial charge in [0.15, 0.2) is 0 Å². The molecule has 2 aromatic heterocycles. The van der Waals surface area contributed by atoms with Crippen LogP contribution in [0.1, 0.15) is 18.7 Å². The second-order valence-electron chi connectivity index (χ2n) is 5.33. The largest absolute Gasteiger partial charge is 0.471 e. The van der Waals surface area contributed by atoms with E-state index in [1.54, 1.807) is 0 Å². The molecule has 2 aromatic rings. The van der Waals surface area contributed by atoms with Crippen molar-refractivity contribution < 1.29 is 17.7 Å². The quantitative estimate of drug-likeness (QED) is 0.887. The van der Waals surface area contributed by atoms with Crippen molar-refractivity contribution in [3.8, 4) is 17.5 Å². The lowest BCUT2D eigenvalue weighted by atomic mass is 10.1. The van der Waals surface area contributed by atoms with E-state index in [2.05, 4.69) is 31.0 Å². The molecule has 1 fully saturated rings. The van der Waals surface area contributed by atoms with Gasteiger partial charge < -0.3 is 15.6 Å². The second kappa shape index (κ2) is 5.12. The summed E-state index contributed by atoms with van der Waals surface area (Å²) < 4.78 is 41.5. The van der Waals surface area contributed by atoms with Gasteiger partial charge in [-0.1, -0.05) is 5.16 Å². The van der Waals surface area contributed by atoms with Gasteiger partial charge in [-0.25, -0.2) is 4.98 Å². The predicted molar refractivity (Wildman–Crippen MR) is 72.7 cm³/mol. The molecule has 3 N–H and O–H groups in total. The first-order valence-electron chi connectivity index (χ1n) is 6.65. The van der Waals surface area contributed by atoms with E-state index in [1.807, 2.05) is 0 Å². The fourth-order valence-electron chi connectivity index (χ4n) is 1.94. The predicted octanol–water partition coefficient (Wildman–Crippen LogP) is 2.45. The van der Waals surface area contributed by atoms with Crippen LogP contribution in [0.5, 0.6) is 0 Å². The van der Waals surface area contributed by atoms with Crippen molar-refractivity contribution in [3.05, 3.63) is 18.2 Å². The number of nitrogen functional groups attached to an aromatic ring is 1. The fourth-order valence-corrected chi connectivity index (χ4v) is 1.94. The van der Waals surface area contributed by atoms with Crippen molar-refractivity contribution in [3.63, 3.8) is 0 Å². The summed E-state index contributed by atoms with van der Waals surface area (Å²) in [4.78, 5) is 7.31. The van der Waals surface area contributed by atoms with Crippen molar-refractivity contribution in [2.75, 3.05) is 17.6 Å². The molecule has 7 nitrogen and oxygen atoms in total. The lowest BCUT2D eigenvalue weighted by Crippen LogP contribution is -2.15. The summed E-state index contributed by atoms with van der Waals surface area (Å²) in [5.41, 5.74) is 5.87. The average molecular weight is 324 g/mol. The summed E-state index contributed by atoms with van der Waals surface area (Å²) in [5, 5.41) is 15.2. The summed E-state index contributed by atoms with van der Waals surface area (Å²) in [6, 6.07) is 3.62. The molecule has 1 saturated carbocycles. The number of nitrogens with one attached hydrogen (secondary N) is 1. The van der Waals surface area contributed by atoms with Crippen LogP contribution in [0.3, 0.4) is 0 Å². The molecule has 2 heterocycles. The van der Waals surface area contributed by atoms with E-state index < -0.39 is 12.1 Å². The molecular formula is C13H11F3N6O. The van der Waals surface area contributed by atoms with Gasteiger partial charge in [-0.15, -0.1) is 0 Å². The maximum Gasteiger partial charge on any atom is 0.471 e. The normalized spacial score (nSPS) is 15.9. The van der Waals surface area contributed by atoms with Crippen LogP contribution in [-0.4, -0.2) is 21.7 Å². The van der Waals surface area contributed by atoms with Crippen LogP contribution in [0.2, 0.25) is 0 Å². The Morgan fingerprint density at radius 1 is 1.43 bits per heavy atom. The van der Waals surface area contributed by atoms with E-state index in [-0.39, 0.29) is 22.5 Å². The molecule has 0 saturated heterocycles. The first-order valence-corrected chi connectivity index (χ1v) is 6.65. The zero-order chi connectivity index (χ0) is 16.7. The number of anilines is 2. The van der Waals surface area contributed by atoms with Crippen LogP contribution >= 0.6 is 0 Å². The van der Waals surface area contributed by atoms with E-state index in [0.29, 0.717) is 12.4 Å². The minimum absolute atomic E-state index is 0.203. The van der Waals surface area contributed by atoms with Crippen molar-refractivity contribution >= 4 is 11.5 Å². The molecule has 0 amide bonds. The molecule has 0 atom stereocenters. The minimum atomic E-state index is -4.71. The number of alkyl halides is 3. The van der Waals surface area contributed by atoms with E-state index >= 15 is 0 Å². The van der Waals surface area contributed by atoms with Gasteiger partial charge in [-0.2, -0.15) is 23.4 Å². The van der Waals surface area contributed by atoms with Gasteiger partial charge in [0.1, 0.15) is 5.82 Å². The third-order valence-corrected chi connectivity index (χ3v) is 3.53. The van der Waals surface area contributed by atoms with Crippen molar-refractivity contribution in [2.45, 2.75) is 19.0 Å². The number of nitriles is 1. The third-order valence-electron chi connectivity index (χ3n) is 3.53. The number of nitrogens with zero attached hydrogens (tertiary/aromatic N) is 4. The Morgan fingerprint density at radius 2 is 2.17 bits per heavy atom. The number of rotatable bonds is 4. The number of nitrogens with two attached hydrogens (primary N) is 1. The minimum Gasteiger partial charge on any atom is -0.396 e. The molecule has 3 rings (SSSR count). The first kappa shape index (κ1) is 15.1. The van der Waals surface area contributed by atoms with Crippen LogP contribution in [0.15, 0.2) is 16.8 Å². The number of pyridine rings is 1. The van der Waals surface area contributed by atoms with Crippen molar-refractivity contribution in [2.24, 2.45) is 5.41 Å². The molecular weight excluding hydrogens is 313 g/mol. The Morgan fingerprint density at radius 3 is 2.70 bits per heavy atom.